The van der Waals surface area contributed by atoms with Crippen LogP contribution >= 0.6 is 11.3 Å². The van der Waals surface area contributed by atoms with Gasteiger partial charge in [-0.15, -0.1) is 0 Å². The van der Waals surface area contributed by atoms with E-state index in [4.69, 9.17) is 9.72 Å². The molecule has 0 saturated heterocycles. The van der Waals surface area contributed by atoms with Crippen LogP contribution in [0.3, 0.4) is 0 Å². The van der Waals surface area contributed by atoms with E-state index >= 15 is 0 Å². The highest BCUT2D eigenvalue weighted by molar-refractivity contribution is 7.16. The van der Waals surface area contributed by atoms with Crippen molar-refractivity contribution in [2.75, 3.05) is 7.11 Å². The normalized spacial score (nSPS) is 11.5. The number of aromatic nitrogens is 3. The fraction of sp³-hybridized carbons (Fsp3) is 0.375. The molecule has 3 aromatic rings. The van der Waals surface area contributed by atoms with Crippen LogP contribution in [-0.4, -0.2) is 21.7 Å². The summed E-state index contributed by atoms with van der Waals surface area (Å²) in [6.45, 7) is 6.48. The van der Waals surface area contributed by atoms with E-state index in [1.54, 1.807) is 18.4 Å². The van der Waals surface area contributed by atoms with Crippen molar-refractivity contribution in [3.63, 3.8) is 0 Å². The third-order valence-electron chi connectivity index (χ3n) is 3.42. The Balaban J connectivity index is 1.99. The predicted octanol–water partition coefficient (Wildman–Crippen LogP) is 3.97. The zero-order valence-corrected chi connectivity index (χ0v) is 13.6. The molecule has 3 rings (SSSR count). The van der Waals surface area contributed by atoms with E-state index in [1.165, 1.54) is 0 Å². The van der Waals surface area contributed by atoms with Gasteiger partial charge in [0.05, 0.1) is 18.5 Å². The maximum Gasteiger partial charge on any atom is 0.212 e. The minimum Gasteiger partial charge on any atom is -0.497 e. The number of ether oxygens (including phenoxy) is 1. The summed E-state index contributed by atoms with van der Waals surface area (Å²) in [5.41, 5.74) is 3.17. The van der Waals surface area contributed by atoms with Crippen LogP contribution in [0.2, 0.25) is 0 Å². The highest BCUT2D eigenvalue weighted by Gasteiger charge is 2.15. The predicted molar refractivity (Wildman–Crippen MR) is 86.1 cm³/mol. The molecule has 4 nitrogen and oxygen atoms in total. The van der Waals surface area contributed by atoms with Gasteiger partial charge < -0.3 is 4.74 Å². The number of aryl methyl sites for hydroxylation is 1. The smallest absolute Gasteiger partial charge is 0.212 e. The molecule has 110 valence electrons. The van der Waals surface area contributed by atoms with Gasteiger partial charge in [0, 0.05) is 12.0 Å². The monoisotopic (exact) mass is 301 g/mol. The average Bonchev–Trinajstić information content (AvgIpc) is 2.98. The molecular weight excluding hydrogens is 282 g/mol. The molecule has 21 heavy (non-hydrogen) atoms. The zero-order valence-electron chi connectivity index (χ0n) is 12.8. The number of imidazole rings is 1. The Kier molecular flexibility index (Phi) is 3.68. The van der Waals surface area contributed by atoms with E-state index in [0.29, 0.717) is 5.92 Å². The summed E-state index contributed by atoms with van der Waals surface area (Å²) in [5.74, 6) is 1.47. The van der Waals surface area contributed by atoms with Crippen LogP contribution in [0.15, 0.2) is 24.3 Å². The number of nitrogens with zero attached hydrogens (tertiary/aromatic N) is 3. The summed E-state index contributed by atoms with van der Waals surface area (Å²) in [7, 11) is 1.67. The topological polar surface area (TPSA) is 39.4 Å². The van der Waals surface area contributed by atoms with Crippen molar-refractivity contribution in [2.24, 2.45) is 5.92 Å². The lowest BCUT2D eigenvalue weighted by molar-refractivity contribution is 0.415. The van der Waals surface area contributed by atoms with Crippen molar-refractivity contribution in [1.29, 1.82) is 0 Å². The Morgan fingerprint density at radius 1 is 1.24 bits per heavy atom. The summed E-state index contributed by atoms with van der Waals surface area (Å²) in [6.07, 6.45) is 1.01. The second kappa shape index (κ2) is 5.48. The van der Waals surface area contributed by atoms with Gasteiger partial charge in [-0.3, -0.25) is 0 Å². The third-order valence-corrected chi connectivity index (χ3v) is 4.35. The molecule has 0 unspecified atom stereocenters. The van der Waals surface area contributed by atoms with Crippen molar-refractivity contribution in [1.82, 2.24) is 14.6 Å². The van der Waals surface area contributed by atoms with Gasteiger partial charge >= 0.3 is 0 Å². The number of hydrogen-bond donors (Lipinski definition) is 0. The molecule has 0 aliphatic heterocycles. The molecular formula is C16H19N3OS. The molecule has 0 saturated carbocycles. The maximum absolute atomic E-state index is 5.20. The largest absolute Gasteiger partial charge is 0.497 e. The molecule has 0 fully saturated rings. The molecule has 0 atom stereocenters. The van der Waals surface area contributed by atoms with E-state index in [0.717, 1.165) is 39.1 Å². The lowest BCUT2D eigenvalue weighted by atomic mass is 10.1. The summed E-state index contributed by atoms with van der Waals surface area (Å²) < 4.78 is 7.16. The first kappa shape index (κ1) is 14.1. The molecule has 0 spiro atoms. The van der Waals surface area contributed by atoms with E-state index in [1.807, 2.05) is 28.8 Å². The molecule has 1 aromatic carbocycles. The van der Waals surface area contributed by atoms with Gasteiger partial charge in [0.15, 0.2) is 0 Å². The Labute approximate surface area is 128 Å². The van der Waals surface area contributed by atoms with Crippen molar-refractivity contribution in [3.05, 3.63) is 35.0 Å². The standard InChI is InChI=1S/C16H19N3OS/c1-10(2)9-14-18-19-11(3)15(17-16(19)21-14)12-5-7-13(20-4)8-6-12/h5-8,10H,9H2,1-4H3. The van der Waals surface area contributed by atoms with Crippen LogP contribution in [0.1, 0.15) is 24.5 Å². The Morgan fingerprint density at radius 2 is 1.95 bits per heavy atom. The van der Waals surface area contributed by atoms with Crippen molar-refractivity contribution in [3.8, 4) is 17.0 Å². The van der Waals surface area contributed by atoms with E-state index in [2.05, 4.69) is 25.9 Å². The van der Waals surface area contributed by atoms with E-state index in [-0.39, 0.29) is 0 Å². The number of benzene rings is 1. The van der Waals surface area contributed by atoms with Crippen molar-refractivity contribution in [2.45, 2.75) is 27.2 Å². The third kappa shape index (κ3) is 2.65. The van der Waals surface area contributed by atoms with Crippen LogP contribution in [0.5, 0.6) is 5.75 Å². The van der Waals surface area contributed by atoms with Crippen molar-refractivity contribution < 1.29 is 4.74 Å². The number of fused-ring (bicyclic) bond motifs is 1. The second-order valence-electron chi connectivity index (χ2n) is 5.56. The highest BCUT2D eigenvalue weighted by atomic mass is 32.1. The van der Waals surface area contributed by atoms with E-state index < -0.39 is 0 Å². The van der Waals surface area contributed by atoms with Crippen LogP contribution < -0.4 is 4.74 Å². The molecule has 0 radical (unpaired) electrons. The molecule has 0 amide bonds. The molecule has 0 bridgehead atoms. The molecule has 5 heteroatoms. The summed E-state index contributed by atoms with van der Waals surface area (Å²) in [4.78, 5) is 5.71. The SMILES string of the molecule is COc1ccc(-c2nc3sc(CC(C)C)nn3c2C)cc1. The van der Waals surface area contributed by atoms with Gasteiger partial charge in [0.25, 0.3) is 0 Å². The van der Waals surface area contributed by atoms with Gasteiger partial charge in [0.2, 0.25) is 4.96 Å². The quantitative estimate of drug-likeness (QED) is 0.732. The number of rotatable bonds is 4. The summed E-state index contributed by atoms with van der Waals surface area (Å²) in [5, 5.41) is 5.83. The van der Waals surface area contributed by atoms with E-state index in [9.17, 15) is 0 Å². The molecule has 0 N–H and O–H groups in total. The van der Waals surface area contributed by atoms with Gasteiger partial charge in [-0.05, 0) is 37.1 Å². The first-order valence-corrected chi connectivity index (χ1v) is 7.89. The van der Waals surface area contributed by atoms with Gasteiger partial charge in [-0.25, -0.2) is 9.50 Å². The highest BCUT2D eigenvalue weighted by Crippen LogP contribution is 2.28. The van der Waals surface area contributed by atoms with Gasteiger partial charge in [-0.1, -0.05) is 25.2 Å². The maximum atomic E-state index is 5.20. The Morgan fingerprint density at radius 3 is 2.52 bits per heavy atom. The Hall–Kier alpha value is -1.88. The average molecular weight is 301 g/mol. The second-order valence-corrected chi connectivity index (χ2v) is 6.60. The van der Waals surface area contributed by atoms with Gasteiger partial charge in [0.1, 0.15) is 10.8 Å². The fourth-order valence-corrected chi connectivity index (χ4v) is 3.49. The lowest BCUT2D eigenvalue weighted by Gasteiger charge is -2.02. The molecule has 2 heterocycles. The zero-order chi connectivity index (χ0) is 15.0. The summed E-state index contributed by atoms with van der Waals surface area (Å²) >= 11 is 1.68. The Bertz CT molecular complexity index is 756. The minimum absolute atomic E-state index is 0.613. The molecule has 0 aliphatic carbocycles. The van der Waals surface area contributed by atoms with Crippen LogP contribution in [0.4, 0.5) is 0 Å². The first-order chi connectivity index (χ1) is 10.1. The van der Waals surface area contributed by atoms with Crippen molar-refractivity contribution >= 4 is 16.3 Å². The van der Waals surface area contributed by atoms with Gasteiger partial charge in [-0.2, -0.15) is 5.10 Å². The van der Waals surface area contributed by atoms with Crippen LogP contribution in [0.25, 0.3) is 16.2 Å². The number of methoxy groups -OCH3 is 1. The van der Waals surface area contributed by atoms with Crippen LogP contribution in [-0.2, 0) is 6.42 Å². The lowest BCUT2D eigenvalue weighted by Crippen LogP contribution is -1.96. The fourth-order valence-electron chi connectivity index (χ4n) is 2.34. The van der Waals surface area contributed by atoms with Crippen LogP contribution in [0, 0.1) is 12.8 Å². The summed E-state index contributed by atoms with van der Waals surface area (Å²) in [6, 6.07) is 7.99. The molecule has 2 aromatic heterocycles. The number of hydrogen-bond acceptors (Lipinski definition) is 4. The first-order valence-electron chi connectivity index (χ1n) is 7.08. The molecule has 0 aliphatic rings. The minimum atomic E-state index is 0.613.